The standard InChI is InChI=1S/C14H20ClN/c1-12-10-14(7-6-13(12)11-15)16-8-4-2-3-5-9-16/h6-7,10H,2-5,8-9,11H2,1H3. The second-order valence-corrected chi connectivity index (χ2v) is 4.91. The summed E-state index contributed by atoms with van der Waals surface area (Å²) < 4.78 is 0. The number of anilines is 1. The molecule has 16 heavy (non-hydrogen) atoms. The SMILES string of the molecule is Cc1cc(N2CCCCCC2)ccc1CCl. The number of alkyl halides is 1. The summed E-state index contributed by atoms with van der Waals surface area (Å²) in [7, 11) is 0. The fraction of sp³-hybridized carbons (Fsp3) is 0.571. The van der Waals surface area contributed by atoms with E-state index in [1.54, 1.807) is 0 Å². The summed E-state index contributed by atoms with van der Waals surface area (Å²) in [5, 5.41) is 0. The summed E-state index contributed by atoms with van der Waals surface area (Å²) in [6.07, 6.45) is 5.43. The fourth-order valence-electron chi connectivity index (χ4n) is 2.36. The van der Waals surface area contributed by atoms with E-state index in [2.05, 4.69) is 30.0 Å². The van der Waals surface area contributed by atoms with E-state index in [-0.39, 0.29) is 0 Å². The molecule has 1 aromatic carbocycles. The Bertz CT molecular complexity index is 341. The van der Waals surface area contributed by atoms with Crippen molar-refractivity contribution in [2.75, 3.05) is 18.0 Å². The lowest BCUT2D eigenvalue weighted by Crippen LogP contribution is -2.23. The van der Waals surface area contributed by atoms with Gasteiger partial charge in [-0.25, -0.2) is 0 Å². The van der Waals surface area contributed by atoms with Crippen molar-refractivity contribution in [3.8, 4) is 0 Å². The molecule has 0 N–H and O–H groups in total. The summed E-state index contributed by atoms with van der Waals surface area (Å²) in [6.45, 7) is 4.57. The van der Waals surface area contributed by atoms with E-state index in [1.807, 2.05) is 0 Å². The van der Waals surface area contributed by atoms with Gasteiger partial charge < -0.3 is 4.90 Å². The lowest BCUT2D eigenvalue weighted by Gasteiger charge is -2.23. The molecule has 1 aliphatic rings. The summed E-state index contributed by atoms with van der Waals surface area (Å²) in [5.74, 6) is 0.617. The minimum atomic E-state index is 0.617. The quantitative estimate of drug-likeness (QED) is 0.700. The highest BCUT2D eigenvalue weighted by Crippen LogP contribution is 2.23. The predicted molar refractivity (Wildman–Crippen MR) is 71.4 cm³/mol. The highest BCUT2D eigenvalue weighted by molar-refractivity contribution is 6.17. The van der Waals surface area contributed by atoms with Gasteiger partial charge in [0, 0.05) is 24.7 Å². The van der Waals surface area contributed by atoms with Crippen molar-refractivity contribution < 1.29 is 0 Å². The van der Waals surface area contributed by atoms with Gasteiger partial charge in [-0.15, -0.1) is 11.6 Å². The summed E-state index contributed by atoms with van der Waals surface area (Å²) in [4.78, 5) is 2.51. The first kappa shape index (κ1) is 11.8. The average Bonchev–Trinajstić information content (AvgIpc) is 2.57. The first-order valence-electron chi connectivity index (χ1n) is 6.21. The number of benzene rings is 1. The van der Waals surface area contributed by atoms with Gasteiger partial charge >= 0.3 is 0 Å². The molecule has 1 aliphatic heterocycles. The smallest absolute Gasteiger partial charge is 0.0476 e. The lowest BCUT2D eigenvalue weighted by molar-refractivity contribution is 0.726. The average molecular weight is 238 g/mol. The first-order chi connectivity index (χ1) is 7.81. The van der Waals surface area contributed by atoms with Crippen molar-refractivity contribution in [1.29, 1.82) is 0 Å². The molecule has 0 aliphatic carbocycles. The molecule has 1 aromatic rings. The van der Waals surface area contributed by atoms with Crippen molar-refractivity contribution in [2.24, 2.45) is 0 Å². The Morgan fingerprint density at radius 1 is 1.12 bits per heavy atom. The maximum atomic E-state index is 5.88. The van der Waals surface area contributed by atoms with Crippen LogP contribution in [0.2, 0.25) is 0 Å². The molecule has 1 saturated heterocycles. The van der Waals surface area contributed by atoms with Gasteiger partial charge in [0.05, 0.1) is 0 Å². The maximum Gasteiger partial charge on any atom is 0.0476 e. The van der Waals surface area contributed by atoms with Crippen LogP contribution in [0.25, 0.3) is 0 Å². The van der Waals surface area contributed by atoms with Crippen molar-refractivity contribution in [1.82, 2.24) is 0 Å². The van der Waals surface area contributed by atoms with Gasteiger partial charge in [-0.2, -0.15) is 0 Å². The minimum absolute atomic E-state index is 0.617. The number of hydrogen-bond donors (Lipinski definition) is 0. The third-order valence-corrected chi connectivity index (χ3v) is 3.73. The summed E-state index contributed by atoms with van der Waals surface area (Å²) in [5.41, 5.74) is 3.94. The Morgan fingerprint density at radius 3 is 2.38 bits per heavy atom. The molecule has 0 atom stereocenters. The lowest BCUT2D eigenvalue weighted by atomic mass is 10.1. The molecule has 1 heterocycles. The second-order valence-electron chi connectivity index (χ2n) is 4.65. The van der Waals surface area contributed by atoms with Gasteiger partial charge in [-0.1, -0.05) is 18.9 Å². The minimum Gasteiger partial charge on any atom is -0.372 e. The van der Waals surface area contributed by atoms with E-state index >= 15 is 0 Å². The number of halogens is 1. The first-order valence-corrected chi connectivity index (χ1v) is 6.75. The number of hydrogen-bond acceptors (Lipinski definition) is 1. The van der Waals surface area contributed by atoms with Crippen LogP contribution < -0.4 is 4.90 Å². The van der Waals surface area contributed by atoms with Crippen LogP contribution in [0.5, 0.6) is 0 Å². The van der Waals surface area contributed by atoms with Gasteiger partial charge in [0.15, 0.2) is 0 Å². The predicted octanol–water partition coefficient (Wildman–Crippen LogP) is 4.11. The Morgan fingerprint density at radius 2 is 1.81 bits per heavy atom. The van der Waals surface area contributed by atoms with E-state index in [0.29, 0.717) is 5.88 Å². The van der Waals surface area contributed by atoms with E-state index < -0.39 is 0 Å². The second kappa shape index (κ2) is 5.58. The molecule has 0 aromatic heterocycles. The Kier molecular flexibility index (Phi) is 4.11. The van der Waals surface area contributed by atoms with Crippen LogP contribution in [-0.4, -0.2) is 13.1 Å². The Hall–Kier alpha value is -0.690. The topological polar surface area (TPSA) is 3.24 Å². The van der Waals surface area contributed by atoms with Crippen LogP contribution in [0.3, 0.4) is 0 Å². The molecule has 1 fully saturated rings. The van der Waals surface area contributed by atoms with Crippen LogP contribution in [0.4, 0.5) is 5.69 Å². The van der Waals surface area contributed by atoms with Gasteiger partial charge in [0.25, 0.3) is 0 Å². The zero-order valence-corrected chi connectivity index (χ0v) is 10.8. The molecule has 0 unspecified atom stereocenters. The van der Waals surface area contributed by atoms with Crippen molar-refractivity contribution in [3.05, 3.63) is 29.3 Å². The molecule has 0 spiro atoms. The molecule has 0 saturated carbocycles. The van der Waals surface area contributed by atoms with Gasteiger partial charge in [0.2, 0.25) is 0 Å². The van der Waals surface area contributed by atoms with E-state index in [0.717, 1.165) is 0 Å². The third kappa shape index (κ3) is 2.70. The Labute approximate surface area is 103 Å². The molecule has 88 valence electrons. The highest BCUT2D eigenvalue weighted by Gasteiger charge is 2.10. The van der Waals surface area contributed by atoms with Crippen LogP contribution >= 0.6 is 11.6 Å². The van der Waals surface area contributed by atoms with E-state index in [1.165, 1.54) is 55.6 Å². The van der Waals surface area contributed by atoms with Crippen molar-refractivity contribution in [2.45, 2.75) is 38.5 Å². The zero-order valence-electron chi connectivity index (χ0n) is 10.0. The zero-order chi connectivity index (χ0) is 11.4. The van der Waals surface area contributed by atoms with Crippen molar-refractivity contribution in [3.63, 3.8) is 0 Å². The normalized spacial score (nSPS) is 17.2. The van der Waals surface area contributed by atoms with Gasteiger partial charge in [-0.05, 0) is 43.0 Å². The Balaban J connectivity index is 2.16. The molecule has 0 radical (unpaired) electrons. The van der Waals surface area contributed by atoms with E-state index in [9.17, 15) is 0 Å². The number of nitrogens with zero attached hydrogens (tertiary/aromatic N) is 1. The van der Waals surface area contributed by atoms with E-state index in [4.69, 9.17) is 11.6 Å². The molecular weight excluding hydrogens is 218 g/mol. The molecule has 2 rings (SSSR count). The monoisotopic (exact) mass is 237 g/mol. The third-order valence-electron chi connectivity index (χ3n) is 3.44. The van der Waals surface area contributed by atoms with Crippen LogP contribution in [0, 0.1) is 6.92 Å². The van der Waals surface area contributed by atoms with Gasteiger partial charge in [0.1, 0.15) is 0 Å². The maximum absolute atomic E-state index is 5.88. The summed E-state index contributed by atoms with van der Waals surface area (Å²) >= 11 is 5.88. The van der Waals surface area contributed by atoms with Crippen LogP contribution in [0.1, 0.15) is 36.8 Å². The molecule has 0 bridgehead atoms. The van der Waals surface area contributed by atoms with Gasteiger partial charge in [-0.3, -0.25) is 0 Å². The van der Waals surface area contributed by atoms with Crippen LogP contribution in [-0.2, 0) is 5.88 Å². The number of rotatable bonds is 2. The molecule has 2 heteroatoms. The fourth-order valence-corrected chi connectivity index (χ4v) is 2.66. The molecule has 1 nitrogen and oxygen atoms in total. The highest BCUT2D eigenvalue weighted by atomic mass is 35.5. The van der Waals surface area contributed by atoms with Crippen molar-refractivity contribution >= 4 is 17.3 Å². The number of aryl methyl sites for hydroxylation is 1. The van der Waals surface area contributed by atoms with Crippen LogP contribution in [0.15, 0.2) is 18.2 Å². The molecular formula is C14H20ClN. The largest absolute Gasteiger partial charge is 0.372 e. The molecule has 0 amide bonds. The summed E-state index contributed by atoms with van der Waals surface area (Å²) in [6, 6.07) is 6.67.